The average Bonchev–Trinajstić information content (AvgIpc) is 3.68. The monoisotopic (exact) mass is 817 g/mol. The number of halogens is 4. The van der Waals surface area contributed by atoms with Crippen molar-refractivity contribution in [2.45, 2.75) is 31.7 Å². The Bertz CT molecular complexity index is 2420. The molecule has 1 saturated heterocycles. The van der Waals surface area contributed by atoms with Crippen molar-refractivity contribution in [1.82, 2.24) is 19.8 Å². The SMILES string of the molecule is O=C1CCC(N2C(=O)c3ccc(OCCOCCOCCOCc4ccc(-n5c(NC(=O)c6cccc(C(F)(F)F)c6)nc6cc(F)ccc65)cc4)cc3C2=O)C(=O)N1. The number of carbonyl (C=O) groups is 5. The number of ether oxygens (including phenoxy) is 4. The van der Waals surface area contributed by atoms with E-state index in [4.69, 9.17) is 18.9 Å². The number of carbonyl (C=O) groups excluding carboxylic acids is 5. The lowest BCUT2D eigenvalue weighted by Crippen LogP contribution is -2.54. The Morgan fingerprint density at radius 2 is 1.53 bits per heavy atom. The van der Waals surface area contributed by atoms with Gasteiger partial charge in [-0.3, -0.25) is 44.1 Å². The van der Waals surface area contributed by atoms with Crippen LogP contribution in [0.5, 0.6) is 5.75 Å². The molecule has 1 aromatic heterocycles. The topological polar surface area (TPSA) is 167 Å². The lowest BCUT2D eigenvalue weighted by Gasteiger charge is -2.27. The van der Waals surface area contributed by atoms with Gasteiger partial charge in [0.2, 0.25) is 17.8 Å². The number of amides is 5. The number of imidazole rings is 1. The zero-order valence-corrected chi connectivity index (χ0v) is 31.1. The van der Waals surface area contributed by atoms with Crippen LogP contribution in [0, 0.1) is 5.82 Å². The molecule has 3 heterocycles. The summed E-state index contributed by atoms with van der Waals surface area (Å²) in [6, 6.07) is 18.4. The van der Waals surface area contributed by atoms with Crippen molar-refractivity contribution < 1.29 is 60.5 Å². The van der Waals surface area contributed by atoms with E-state index < -0.39 is 53.1 Å². The molecule has 1 fully saturated rings. The molecule has 5 amide bonds. The van der Waals surface area contributed by atoms with E-state index in [0.717, 1.165) is 28.7 Å². The minimum absolute atomic E-state index is 0.0113. The molecule has 59 heavy (non-hydrogen) atoms. The normalized spacial score (nSPS) is 15.5. The molecule has 4 aromatic carbocycles. The molecule has 18 heteroatoms. The van der Waals surface area contributed by atoms with Gasteiger partial charge in [0.15, 0.2) is 0 Å². The maximum absolute atomic E-state index is 14.1. The molecular weight excluding hydrogens is 782 g/mol. The van der Waals surface area contributed by atoms with E-state index in [0.29, 0.717) is 30.2 Å². The van der Waals surface area contributed by atoms with Gasteiger partial charge < -0.3 is 18.9 Å². The van der Waals surface area contributed by atoms with Gasteiger partial charge in [-0.05, 0) is 72.6 Å². The van der Waals surface area contributed by atoms with Crippen LogP contribution in [0.1, 0.15) is 55.0 Å². The molecular formula is C41H35F4N5O9. The third-order valence-corrected chi connectivity index (χ3v) is 9.41. The van der Waals surface area contributed by atoms with Crippen molar-refractivity contribution in [2.24, 2.45) is 0 Å². The van der Waals surface area contributed by atoms with Crippen LogP contribution in [0.25, 0.3) is 16.7 Å². The summed E-state index contributed by atoms with van der Waals surface area (Å²) < 4.78 is 77.9. The highest BCUT2D eigenvalue weighted by Crippen LogP contribution is 2.32. The van der Waals surface area contributed by atoms with Crippen LogP contribution >= 0.6 is 0 Å². The number of fused-ring (bicyclic) bond motifs is 2. The first-order chi connectivity index (χ1) is 28.4. The van der Waals surface area contributed by atoms with Crippen molar-refractivity contribution in [3.8, 4) is 11.4 Å². The summed E-state index contributed by atoms with van der Waals surface area (Å²) in [5.74, 6) is -3.39. The fraction of sp³-hybridized carbons (Fsp3) is 0.268. The zero-order chi connectivity index (χ0) is 41.7. The van der Waals surface area contributed by atoms with Gasteiger partial charge in [0.25, 0.3) is 17.7 Å². The highest BCUT2D eigenvalue weighted by atomic mass is 19.4. The Kier molecular flexibility index (Phi) is 12.1. The average molecular weight is 818 g/mol. The van der Waals surface area contributed by atoms with Crippen LogP contribution < -0.4 is 15.4 Å². The Morgan fingerprint density at radius 3 is 2.25 bits per heavy atom. The van der Waals surface area contributed by atoms with E-state index in [1.807, 2.05) is 0 Å². The van der Waals surface area contributed by atoms with Crippen LogP contribution in [0.15, 0.2) is 84.9 Å². The molecule has 0 radical (unpaired) electrons. The van der Waals surface area contributed by atoms with Gasteiger partial charge in [-0.2, -0.15) is 13.2 Å². The Balaban J connectivity index is 0.821. The Labute approximate surface area is 333 Å². The van der Waals surface area contributed by atoms with Crippen LogP contribution in [-0.2, 0) is 36.6 Å². The largest absolute Gasteiger partial charge is 0.491 e. The quantitative estimate of drug-likeness (QED) is 0.0741. The second-order valence-electron chi connectivity index (χ2n) is 13.4. The van der Waals surface area contributed by atoms with Gasteiger partial charge in [0.1, 0.15) is 24.2 Å². The standard InChI is InChI=1S/C41H35F4N5O9/c42-27-6-11-33-32(21-27)46-40(48-36(52)25-2-1-3-26(20-25)41(43,44)45)49(33)28-7-4-24(5-8-28)23-58-17-16-56-14-15-57-18-19-59-29-9-10-30-31(22-29)39(55)50(38(30)54)34-12-13-35(51)47-37(34)53/h1-11,20-22,34H,12-19,23H2,(H,46,48,52)(H,47,51,53). The van der Waals surface area contributed by atoms with Crippen LogP contribution in [-0.4, -0.2) is 89.7 Å². The molecule has 1 atom stereocenters. The number of benzene rings is 4. The van der Waals surface area contributed by atoms with Crippen LogP contribution in [0.4, 0.5) is 23.5 Å². The first kappa shape index (κ1) is 40.7. The number of nitrogens with one attached hydrogen (secondary N) is 2. The van der Waals surface area contributed by atoms with E-state index in [9.17, 15) is 41.5 Å². The van der Waals surface area contributed by atoms with Crippen LogP contribution in [0.3, 0.4) is 0 Å². The number of hydrogen-bond donors (Lipinski definition) is 2. The van der Waals surface area contributed by atoms with Gasteiger partial charge in [0, 0.05) is 23.7 Å². The van der Waals surface area contributed by atoms with Gasteiger partial charge in [-0.1, -0.05) is 18.2 Å². The van der Waals surface area contributed by atoms with Gasteiger partial charge in [-0.15, -0.1) is 0 Å². The predicted molar refractivity (Wildman–Crippen MR) is 200 cm³/mol. The summed E-state index contributed by atoms with van der Waals surface area (Å²) in [7, 11) is 0. The summed E-state index contributed by atoms with van der Waals surface area (Å²) in [5.41, 5.74) is 1.12. The van der Waals surface area contributed by atoms with Crippen molar-refractivity contribution >= 4 is 46.5 Å². The molecule has 2 aliphatic rings. The highest BCUT2D eigenvalue weighted by Gasteiger charge is 2.44. The second kappa shape index (κ2) is 17.6. The van der Waals surface area contributed by atoms with E-state index >= 15 is 0 Å². The zero-order valence-electron chi connectivity index (χ0n) is 31.1. The van der Waals surface area contributed by atoms with Crippen molar-refractivity contribution in [3.63, 3.8) is 0 Å². The van der Waals surface area contributed by atoms with Crippen molar-refractivity contribution in [2.75, 3.05) is 45.0 Å². The maximum Gasteiger partial charge on any atom is 0.416 e. The van der Waals surface area contributed by atoms with E-state index in [-0.39, 0.29) is 74.0 Å². The fourth-order valence-corrected chi connectivity index (χ4v) is 6.54. The Morgan fingerprint density at radius 1 is 0.814 bits per heavy atom. The fourth-order valence-electron chi connectivity index (χ4n) is 6.54. The van der Waals surface area contributed by atoms with Crippen LogP contribution in [0.2, 0.25) is 0 Å². The Hall–Kier alpha value is -6.50. The number of aromatic nitrogens is 2. The second-order valence-corrected chi connectivity index (χ2v) is 13.4. The number of piperidine rings is 1. The third kappa shape index (κ3) is 9.30. The molecule has 7 rings (SSSR count). The molecule has 0 spiro atoms. The molecule has 1 unspecified atom stereocenters. The molecule has 0 aliphatic carbocycles. The van der Waals surface area contributed by atoms with Crippen molar-refractivity contribution in [1.29, 1.82) is 0 Å². The van der Waals surface area contributed by atoms with Gasteiger partial charge in [-0.25, -0.2) is 9.37 Å². The molecule has 2 N–H and O–H groups in total. The number of anilines is 1. The molecule has 0 saturated carbocycles. The first-order valence-electron chi connectivity index (χ1n) is 18.3. The number of nitrogens with zero attached hydrogens (tertiary/aromatic N) is 3. The van der Waals surface area contributed by atoms with Gasteiger partial charge in [0.05, 0.1) is 67.4 Å². The molecule has 0 bridgehead atoms. The lowest BCUT2D eigenvalue weighted by molar-refractivity contribution is -0.138. The minimum Gasteiger partial charge on any atom is -0.491 e. The number of alkyl halides is 3. The number of rotatable bonds is 16. The summed E-state index contributed by atoms with van der Waals surface area (Å²) in [6.07, 6.45) is -4.54. The number of imide groups is 2. The molecule has 14 nitrogen and oxygen atoms in total. The van der Waals surface area contributed by atoms with Crippen molar-refractivity contribution in [3.05, 3.63) is 119 Å². The first-order valence-corrected chi connectivity index (χ1v) is 18.3. The summed E-state index contributed by atoms with van der Waals surface area (Å²) in [6.45, 7) is 1.78. The number of hydrogen-bond acceptors (Lipinski definition) is 10. The minimum atomic E-state index is -4.63. The molecule has 306 valence electrons. The lowest BCUT2D eigenvalue weighted by atomic mass is 10.0. The summed E-state index contributed by atoms with van der Waals surface area (Å²) in [5, 5.41) is 4.72. The molecule has 2 aliphatic heterocycles. The van der Waals surface area contributed by atoms with Gasteiger partial charge >= 0.3 is 6.18 Å². The highest BCUT2D eigenvalue weighted by molar-refractivity contribution is 6.23. The van der Waals surface area contributed by atoms with E-state index in [1.54, 1.807) is 34.9 Å². The summed E-state index contributed by atoms with van der Waals surface area (Å²) in [4.78, 5) is 67.8. The summed E-state index contributed by atoms with van der Waals surface area (Å²) >= 11 is 0. The third-order valence-electron chi connectivity index (χ3n) is 9.41. The smallest absolute Gasteiger partial charge is 0.416 e. The molecule has 5 aromatic rings. The maximum atomic E-state index is 14.1. The predicted octanol–water partition coefficient (Wildman–Crippen LogP) is 5.47. The van der Waals surface area contributed by atoms with E-state index in [2.05, 4.69) is 15.6 Å². The van der Waals surface area contributed by atoms with E-state index in [1.165, 1.54) is 36.4 Å².